The van der Waals surface area contributed by atoms with Gasteiger partial charge in [-0.2, -0.15) is 0 Å². The van der Waals surface area contributed by atoms with Crippen molar-refractivity contribution in [2.75, 3.05) is 0 Å². The van der Waals surface area contributed by atoms with Gasteiger partial charge < -0.3 is 14.9 Å². The number of esters is 1. The van der Waals surface area contributed by atoms with Crippen LogP contribution in [0.15, 0.2) is 42.5 Å². The zero-order valence-electron chi connectivity index (χ0n) is 12.9. The molecule has 2 atom stereocenters. The third-order valence-corrected chi connectivity index (χ3v) is 3.51. The molecule has 1 heterocycles. The van der Waals surface area contributed by atoms with Gasteiger partial charge in [0, 0.05) is 12.8 Å². The highest BCUT2D eigenvalue weighted by molar-refractivity contribution is 5.98. The van der Waals surface area contributed by atoms with Crippen molar-refractivity contribution in [3.8, 4) is 5.75 Å². The van der Waals surface area contributed by atoms with E-state index in [1.807, 2.05) is 0 Å². The highest BCUT2D eigenvalue weighted by atomic mass is 16.5. The Morgan fingerprint density at radius 1 is 1.17 bits per heavy atom. The predicted molar refractivity (Wildman–Crippen MR) is 85.2 cm³/mol. The van der Waals surface area contributed by atoms with Crippen LogP contribution in [0.25, 0.3) is 0 Å². The van der Waals surface area contributed by atoms with E-state index in [2.05, 4.69) is 0 Å². The van der Waals surface area contributed by atoms with Crippen molar-refractivity contribution in [2.45, 2.75) is 38.4 Å². The van der Waals surface area contributed by atoms with Crippen LogP contribution in [0.2, 0.25) is 0 Å². The summed E-state index contributed by atoms with van der Waals surface area (Å²) in [5, 5.41) is 19.7. The largest absolute Gasteiger partial charge is 0.507 e. The standard InChI is InChI=1S/C18H20O5/c1-12-5-2-7-14(19)8-4-9-15(20)11-13-6-3-10-16(21)17(13)18(22)23-12/h2-4,6-7,9-10,12,14,19,21H,5,8,11H2,1H3/t12-,14-/m0/s1. The van der Waals surface area contributed by atoms with Crippen LogP contribution in [0.5, 0.6) is 5.75 Å². The molecule has 5 nitrogen and oxygen atoms in total. The number of aliphatic hydroxyl groups excluding tert-OH is 1. The number of phenolic OH excluding ortho intramolecular Hbond substituents is 1. The van der Waals surface area contributed by atoms with E-state index in [4.69, 9.17) is 4.74 Å². The Morgan fingerprint density at radius 2 is 1.96 bits per heavy atom. The second-order valence-electron chi connectivity index (χ2n) is 5.54. The number of ketones is 1. The summed E-state index contributed by atoms with van der Waals surface area (Å²) in [6.07, 6.45) is 6.01. The number of hydrogen-bond donors (Lipinski definition) is 2. The molecular formula is C18H20O5. The van der Waals surface area contributed by atoms with Crippen molar-refractivity contribution >= 4 is 11.8 Å². The number of aromatic hydroxyl groups is 1. The third-order valence-electron chi connectivity index (χ3n) is 3.51. The molecule has 0 aromatic heterocycles. The molecule has 122 valence electrons. The smallest absolute Gasteiger partial charge is 0.342 e. The van der Waals surface area contributed by atoms with Gasteiger partial charge in [-0.25, -0.2) is 4.79 Å². The lowest BCUT2D eigenvalue weighted by Gasteiger charge is -2.15. The number of fused-ring (bicyclic) bond motifs is 1. The van der Waals surface area contributed by atoms with Crippen LogP contribution in [0.4, 0.5) is 0 Å². The van der Waals surface area contributed by atoms with Crippen LogP contribution in [0.3, 0.4) is 0 Å². The van der Waals surface area contributed by atoms with Crippen LogP contribution in [0, 0.1) is 0 Å². The topological polar surface area (TPSA) is 83.8 Å². The molecule has 1 aromatic rings. The van der Waals surface area contributed by atoms with Gasteiger partial charge in [-0.1, -0.05) is 30.4 Å². The molecule has 1 aromatic carbocycles. The van der Waals surface area contributed by atoms with Gasteiger partial charge in [-0.3, -0.25) is 4.79 Å². The number of rotatable bonds is 0. The van der Waals surface area contributed by atoms with Gasteiger partial charge in [-0.05, 0) is 31.1 Å². The normalized spacial score (nSPS) is 23.0. The van der Waals surface area contributed by atoms with E-state index < -0.39 is 18.2 Å². The van der Waals surface area contributed by atoms with Crippen molar-refractivity contribution in [3.05, 3.63) is 53.6 Å². The van der Waals surface area contributed by atoms with Gasteiger partial charge in [0.25, 0.3) is 0 Å². The molecule has 0 bridgehead atoms. The first-order valence-corrected chi connectivity index (χ1v) is 7.53. The molecule has 0 aliphatic carbocycles. The molecule has 0 saturated carbocycles. The highest BCUT2D eigenvalue weighted by Crippen LogP contribution is 2.24. The Bertz CT molecular complexity index is 645. The number of ether oxygens (including phenoxy) is 1. The molecule has 5 heteroatoms. The first-order chi connectivity index (χ1) is 11.0. The molecule has 2 rings (SSSR count). The maximum Gasteiger partial charge on any atom is 0.342 e. The average Bonchev–Trinajstić information content (AvgIpc) is 2.46. The van der Waals surface area contributed by atoms with Crippen LogP contribution >= 0.6 is 0 Å². The Kier molecular flexibility index (Phi) is 5.71. The SMILES string of the molecule is C[C@H]1CC=C[C@H](O)CC=CC(=O)Cc2cccc(O)c2C(=O)O1. The monoisotopic (exact) mass is 316 g/mol. The molecule has 2 N–H and O–H groups in total. The molecule has 0 radical (unpaired) electrons. The quantitative estimate of drug-likeness (QED) is 0.567. The van der Waals surface area contributed by atoms with Crippen molar-refractivity contribution in [1.29, 1.82) is 0 Å². The third kappa shape index (κ3) is 4.79. The molecule has 0 spiro atoms. The first-order valence-electron chi connectivity index (χ1n) is 7.53. The maximum absolute atomic E-state index is 12.3. The van der Waals surface area contributed by atoms with E-state index in [0.29, 0.717) is 18.4 Å². The summed E-state index contributed by atoms with van der Waals surface area (Å²) in [5.74, 6) is -1.08. The number of cyclic esters (lactones) is 1. The van der Waals surface area contributed by atoms with E-state index in [0.717, 1.165) is 0 Å². The lowest BCUT2D eigenvalue weighted by atomic mass is 10.0. The van der Waals surface area contributed by atoms with Gasteiger partial charge in [0.2, 0.25) is 0 Å². The van der Waals surface area contributed by atoms with Gasteiger partial charge in [0.15, 0.2) is 5.78 Å². The lowest BCUT2D eigenvalue weighted by molar-refractivity contribution is -0.114. The van der Waals surface area contributed by atoms with Crippen molar-refractivity contribution in [3.63, 3.8) is 0 Å². The summed E-state index contributed by atoms with van der Waals surface area (Å²) in [7, 11) is 0. The molecule has 0 amide bonds. The van der Waals surface area contributed by atoms with Crippen LogP contribution in [-0.2, 0) is 16.0 Å². The highest BCUT2D eigenvalue weighted by Gasteiger charge is 2.20. The van der Waals surface area contributed by atoms with E-state index in [1.165, 1.54) is 12.1 Å². The van der Waals surface area contributed by atoms with Gasteiger partial charge in [0.1, 0.15) is 17.4 Å². The number of benzene rings is 1. The molecule has 0 fully saturated rings. The number of phenols is 1. The van der Waals surface area contributed by atoms with E-state index >= 15 is 0 Å². The second kappa shape index (κ2) is 7.74. The van der Waals surface area contributed by atoms with E-state index in [9.17, 15) is 19.8 Å². The molecule has 0 saturated heterocycles. The summed E-state index contributed by atoms with van der Waals surface area (Å²) in [6, 6.07) is 4.59. The van der Waals surface area contributed by atoms with Crippen molar-refractivity contribution < 1.29 is 24.5 Å². The number of hydrogen-bond acceptors (Lipinski definition) is 5. The Labute approximate surface area is 134 Å². The van der Waals surface area contributed by atoms with Crippen molar-refractivity contribution in [1.82, 2.24) is 0 Å². The molecule has 1 aliphatic heterocycles. The van der Waals surface area contributed by atoms with Crippen LogP contribution in [-0.4, -0.2) is 34.2 Å². The number of aliphatic hydroxyl groups is 1. The Morgan fingerprint density at radius 3 is 2.74 bits per heavy atom. The molecule has 23 heavy (non-hydrogen) atoms. The van der Waals surface area contributed by atoms with Crippen molar-refractivity contribution in [2.24, 2.45) is 0 Å². The fourth-order valence-corrected chi connectivity index (χ4v) is 2.35. The number of carbonyl (C=O) groups is 2. The summed E-state index contributed by atoms with van der Waals surface area (Å²) < 4.78 is 5.31. The second-order valence-corrected chi connectivity index (χ2v) is 5.54. The first kappa shape index (κ1) is 17.0. The van der Waals surface area contributed by atoms with Crippen LogP contribution < -0.4 is 0 Å². The van der Waals surface area contributed by atoms with Gasteiger partial charge >= 0.3 is 5.97 Å². The summed E-state index contributed by atoms with van der Waals surface area (Å²) in [5.41, 5.74) is 0.451. The van der Waals surface area contributed by atoms with E-state index in [1.54, 1.807) is 37.3 Å². The average molecular weight is 316 g/mol. The lowest BCUT2D eigenvalue weighted by Crippen LogP contribution is -2.17. The van der Waals surface area contributed by atoms with Gasteiger partial charge in [0.05, 0.1) is 6.10 Å². The molecule has 0 unspecified atom stereocenters. The summed E-state index contributed by atoms with van der Waals surface area (Å²) >= 11 is 0. The van der Waals surface area contributed by atoms with Crippen LogP contribution in [0.1, 0.15) is 35.7 Å². The minimum atomic E-state index is -0.679. The zero-order chi connectivity index (χ0) is 16.8. The fourth-order valence-electron chi connectivity index (χ4n) is 2.35. The van der Waals surface area contributed by atoms with E-state index in [-0.39, 0.29) is 23.5 Å². The number of allylic oxidation sites excluding steroid dienone is 1. The minimum Gasteiger partial charge on any atom is -0.507 e. The Balaban J connectivity index is 2.35. The Hall–Kier alpha value is -2.40. The fraction of sp³-hybridized carbons (Fsp3) is 0.333. The number of carbonyl (C=O) groups excluding carboxylic acids is 2. The molecule has 1 aliphatic rings. The summed E-state index contributed by atoms with van der Waals surface area (Å²) in [6.45, 7) is 1.73. The predicted octanol–water partition coefficient (Wildman–Crippen LogP) is 2.32. The zero-order valence-corrected chi connectivity index (χ0v) is 12.9. The van der Waals surface area contributed by atoms with Gasteiger partial charge in [-0.15, -0.1) is 0 Å². The molecular weight excluding hydrogens is 296 g/mol. The minimum absolute atomic E-state index is 0.0182. The summed E-state index contributed by atoms with van der Waals surface area (Å²) in [4.78, 5) is 24.3. The maximum atomic E-state index is 12.3.